The minimum Gasteiger partial charge on any atom is -0.331 e. The number of fused-ring (bicyclic) bond motifs is 1. The second-order valence-electron chi connectivity index (χ2n) is 6.64. The molecular formula is C19H14F5N5O. The number of urea groups is 1. The largest absolute Gasteiger partial charge is 0.433 e. The summed E-state index contributed by atoms with van der Waals surface area (Å²) < 4.78 is 67.5. The van der Waals surface area contributed by atoms with E-state index in [2.05, 4.69) is 15.3 Å². The third-order valence-corrected chi connectivity index (χ3v) is 4.67. The number of carbonyl (C=O) groups is 1. The van der Waals surface area contributed by atoms with Gasteiger partial charge in [-0.1, -0.05) is 0 Å². The number of nitrogens with zero attached hydrogens (tertiary/aromatic N) is 4. The Hall–Kier alpha value is -3.50. The van der Waals surface area contributed by atoms with Crippen molar-refractivity contribution < 1.29 is 26.7 Å². The number of nitrogens with one attached hydrogen (secondary N) is 1. The van der Waals surface area contributed by atoms with E-state index >= 15 is 0 Å². The molecule has 2 amide bonds. The van der Waals surface area contributed by atoms with Gasteiger partial charge in [0.2, 0.25) is 0 Å². The van der Waals surface area contributed by atoms with Crippen LogP contribution in [0.5, 0.6) is 0 Å². The highest BCUT2D eigenvalue weighted by Crippen LogP contribution is 2.30. The van der Waals surface area contributed by atoms with Crippen LogP contribution in [0.3, 0.4) is 0 Å². The highest BCUT2D eigenvalue weighted by atomic mass is 19.4. The van der Waals surface area contributed by atoms with Crippen LogP contribution in [0.1, 0.15) is 11.4 Å². The number of hydrogen-bond donors (Lipinski definition) is 1. The topological polar surface area (TPSA) is 63.1 Å². The highest BCUT2D eigenvalue weighted by molar-refractivity contribution is 5.89. The average molecular weight is 423 g/mol. The van der Waals surface area contributed by atoms with Gasteiger partial charge in [0.1, 0.15) is 17.3 Å². The molecule has 0 spiro atoms. The summed E-state index contributed by atoms with van der Waals surface area (Å²) in [6.45, 7) is 0.690. The molecule has 11 heteroatoms. The van der Waals surface area contributed by atoms with Crippen LogP contribution in [0.4, 0.5) is 32.4 Å². The Bertz CT molecular complexity index is 1110. The van der Waals surface area contributed by atoms with Crippen molar-refractivity contribution in [2.75, 3.05) is 11.9 Å². The van der Waals surface area contributed by atoms with E-state index in [1.165, 1.54) is 23.4 Å². The Kier molecular flexibility index (Phi) is 4.88. The number of alkyl halides is 3. The van der Waals surface area contributed by atoms with Gasteiger partial charge in [-0.15, -0.1) is 0 Å². The first-order chi connectivity index (χ1) is 14.2. The molecule has 1 aromatic carbocycles. The number of hydrogen-bond acceptors (Lipinski definition) is 3. The quantitative estimate of drug-likeness (QED) is 0.626. The van der Waals surface area contributed by atoms with E-state index in [1.54, 1.807) is 4.57 Å². The Morgan fingerprint density at radius 2 is 1.87 bits per heavy atom. The number of halogens is 5. The van der Waals surface area contributed by atoms with Gasteiger partial charge in [0.05, 0.1) is 24.3 Å². The minimum absolute atomic E-state index is 0.0498. The lowest BCUT2D eigenvalue weighted by Crippen LogP contribution is -2.40. The van der Waals surface area contributed by atoms with Gasteiger partial charge in [0.25, 0.3) is 0 Å². The lowest BCUT2D eigenvalue weighted by molar-refractivity contribution is -0.141. The molecule has 1 aliphatic rings. The number of rotatable bonds is 2. The summed E-state index contributed by atoms with van der Waals surface area (Å²) in [5.74, 6) is -1.50. The summed E-state index contributed by atoms with van der Waals surface area (Å²) >= 11 is 0. The summed E-state index contributed by atoms with van der Waals surface area (Å²) in [6.07, 6.45) is -2.17. The second-order valence-corrected chi connectivity index (χ2v) is 6.64. The zero-order valence-electron chi connectivity index (χ0n) is 15.2. The van der Waals surface area contributed by atoms with Crippen LogP contribution in [0.25, 0.3) is 11.3 Å². The third-order valence-electron chi connectivity index (χ3n) is 4.67. The van der Waals surface area contributed by atoms with Gasteiger partial charge in [-0.3, -0.25) is 4.98 Å². The number of amides is 2. The first kappa shape index (κ1) is 19.8. The Balaban J connectivity index is 1.55. The number of carbonyl (C=O) groups excluding carboxylic acids is 1. The van der Waals surface area contributed by atoms with E-state index in [1.807, 2.05) is 0 Å². The number of pyridine rings is 1. The Labute approximate surface area is 167 Å². The van der Waals surface area contributed by atoms with Gasteiger partial charge in [0.15, 0.2) is 0 Å². The molecule has 0 saturated heterocycles. The van der Waals surface area contributed by atoms with Crippen molar-refractivity contribution in [3.05, 3.63) is 65.9 Å². The van der Waals surface area contributed by atoms with E-state index in [4.69, 9.17) is 0 Å². The van der Waals surface area contributed by atoms with E-state index in [9.17, 15) is 26.7 Å². The van der Waals surface area contributed by atoms with Gasteiger partial charge in [-0.25, -0.2) is 18.6 Å². The minimum atomic E-state index is -4.63. The molecule has 6 nitrogen and oxygen atoms in total. The smallest absolute Gasteiger partial charge is 0.331 e. The molecule has 0 radical (unpaired) electrons. The van der Waals surface area contributed by atoms with Crippen LogP contribution >= 0.6 is 0 Å². The fourth-order valence-corrected chi connectivity index (χ4v) is 3.20. The maximum atomic E-state index is 14.2. The van der Waals surface area contributed by atoms with E-state index in [0.29, 0.717) is 12.2 Å². The molecule has 1 N–H and O–H groups in total. The maximum Gasteiger partial charge on any atom is 0.433 e. The number of imidazole rings is 1. The molecule has 0 bridgehead atoms. The molecule has 0 unspecified atom stereocenters. The normalized spacial score (nSPS) is 13.8. The predicted octanol–water partition coefficient (Wildman–Crippen LogP) is 4.29. The molecule has 3 aromatic rings. The molecule has 2 aromatic heterocycles. The molecule has 156 valence electrons. The molecular weight excluding hydrogens is 409 g/mol. The molecule has 0 saturated carbocycles. The first-order valence-electron chi connectivity index (χ1n) is 8.81. The lowest BCUT2D eigenvalue weighted by atomic mass is 10.1. The van der Waals surface area contributed by atoms with Crippen LogP contribution in [0, 0.1) is 11.6 Å². The van der Waals surface area contributed by atoms with E-state index < -0.39 is 29.5 Å². The molecule has 0 fully saturated rings. The molecule has 0 aliphatic carbocycles. The van der Waals surface area contributed by atoms with E-state index in [0.717, 1.165) is 24.4 Å². The summed E-state index contributed by atoms with van der Waals surface area (Å²) in [5.41, 5.74) is -0.269. The Morgan fingerprint density at radius 3 is 2.60 bits per heavy atom. The van der Waals surface area contributed by atoms with Crippen LogP contribution in [-0.2, 0) is 19.3 Å². The fraction of sp³-hybridized carbons (Fsp3) is 0.211. The van der Waals surface area contributed by atoms with Crippen LogP contribution < -0.4 is 5.32 Å². The highest BCUT2D eigenvalue weighted by Gasteiger charge is 2.33. The van der Waals surface area contributed by atoms with Crippen LogP contribution in [0.2, 0.25) is 0 Å². The number of benzene rings is 1. The number of anilines is 1. The zero-order valence-corrected chi connectivity index (χ0v) is 15.2. The lowest BCUT2D eigenvalue weighted by Gasteiger charge is -2.29. The van der Waals surface area contributed by atoms with Crippen LogP contribution in [0.15, 0.2) is 42.9 Å². The van der Waals surface area contributed by atoms with Crippen molar-refractivity contribution in [1.29, 1.82) is 0 Å². The van der Waals surface area contributed by atoms with Crippen LogP contribution in [-0.4, -0.2) is 32.0 Å². The number of aromatic nitrogens is 3. The molecule has 30 heavy (non-hydrogen) atoms. The summed E-state index contributed by atoms with van der Waals surface area (Å²) in [4.78, 5) is 21.4. The molecule has 4 rings (SSSR count). The van der Waals surface area contributed by atoms with Crippen molar-refractivity contribution in [3.63, 3.8) is 0 Å². The fourth-order valence-electron chi connectivity index (χ4n) is 3.20. The third kappa shape index (κ3) is 3.82. The van der Waals surface area contributed by atoms with Gasteiger partial charge in [-0.2, -0.15) is 13.2 Å². The summed E-state index contributed by atoms with van der Waals surface area (Å²) in [7, 11) is 0. The second kappa shape index (κ2) is 7.39. The van der Waals surface area contributed by atoms with Gasteiger partial charge in [-0.05, 0) is 24.3 Å². The zero-order chi connectivity index (χ0) is 21.5. The standard InChI is InChI=1S/C19H14F5N5O/c20-11-1-2-13(14(21)7-11)17-15-9-28(5-6-29(15)10-26-17)18(30)27-12-3-4-25-16(8-12)19(22,23)24/h1-4,7-8,10H,5-6,9H2,(H,25,27,30). The van der Waals surface area contributed by atoms with Gasteiger partial charge in [0, 0.05) is 36.6 Å². The molecule has 0 atom stereocenters. The summed E-state index contributed by atoms with van der Waals surface area (Å²) in [6, 6.07) is 4.50. The van der Waals surface area contributed by atoms with Gasteiger partial charge < -0.3 is 14.8 Å². The van der Waals surface area contributed by atoms with Crippen molar-refractivity contribution in [1.82, 2.24) is 19.4 Å². The van der Waals surface area contributed by atoms with Crippen molar-refractivity contribution in [3.8, 4) is 11.3 Å². The van der Waals surface area contributed by atoms with Gasteiger partial charge >= 0.3 is 12.2 Å². The monoisotopic (exact) mass is 423 g/mol. The molecule has 3 heterocycles. The SMILES string of the molecule is O=C(Nc1ccnc(C(F)(F)F)c1)N1CCn2cnc(-c3ccc(F)cc3F)c2C1. The summed E-state index contributed by atoms with van der Waals surface area (Å²) in [5, 5.41) is 2.42. The van der Waals surface area contributed by atoms with Crippen molar-refractivity contribution in [2.24, 2.45) is 0 Å². The van der Waals surface area contributed by atoms with Crippen molar-refractivity contribution >= 4 is 11.7 Å². The Morgan fingerprint density at radius 1 is 1.07 bits per heavy atom. The van der Waals surface area contributed by atoms with E-state index in [-0.39, 0.29) is 30.0 Å². The maximum absolute atomic E-state index is 14.2. The van der Waals surface area contributed by atoms with Crippen molar-refractivity contribution in [2.45, 2.75) is 19.3 Å². The molecule has 1 aliphatic heterocycles. The predicted molar refractivity (Wildman–Crippen MR) is 96.2 cm³/mol. The first-order valence-corrected chi connectivity index (χ1v) is 8.81. The average Bonchev–Trinajstić information content (AvgIpc) is 3.10.